The number of nitrogens with zero attached hydrogens (tertiary/aromatic N) is 3. The quantitative estimate of drug-likeness (QED) is 0.324. The molecule has 0 aromatic heterocycles. The van der Waals surface area contributed by atoms with E-state index in [2.05, 4.69) is 83.6 Å². The summed E-state index contributed by atoms with van der Waals surface area (Å²) in [6, 6.07) is 11.0. The normalized spacial score (nSPS) is 17.1. The predicted octanol–water partition coefficient (Wildman–Crippen LogP) is 2.40. The fourth-order valence-corrected chi connectivity index (χ4v) is 3.23. The molecule has 1 fully saturated rings. The molecule has 1 atom stereocenters. The van der Waals surface area contributed by atoms with Gasteiger partial charge in [0, 0.05) is 51.4 Å². The number of aliphatic imine (C=N–C) groups is 1. The van der Waals surface area contributed by atoms with E-state index < -0.39 is 0 Å². The topological polar surface area (TPSA) is 52.1 Å². The molecule has 1 saturated heterocycles. The fourth-order valence-electron chi connectivity index (χ4n) is 3.23. The molecular weight excluding hydrogens is 465 g/mol. The Balaban J connectivity index is 0.00000392. The highest BCUT2D eigenvalue weighted by Crippen LogP contribution is 2.15. The molecule has 1 aliphatic heterocycles. The minimum absolute atomic E-state index is 0. The van der Waals surface area contributed by atoms with Crippen LogP contribution in [0.1, 0.15) is 26.3 Å². The third-order valence-corrected chi connectivity index (χ3v) is 5.37. The van der Waals surface area contributed by atoms with Gasteiger partial charge in [0.15, 0.2) is 5.96 Å². The highest BCUT2D eigenvalue weighted by atomic mass is 127. The van der Waals surface area contributed by atoms with Crippen LogP contribution >= 0.6 is 24.0 Å². The van der Waals surface area contributed by atoms with Gasteiger partial charge < -0.3 is 15.4 Å². The van der Waals surface area contributed by atoms with Crippen molar-refractivity contribution >= 4 is 29.9 Å². The highest BCUT2D eigenvalue weighted by molar-refractivity contribution is 14.0. The van der Waals surface area contributed by atoms with E-state index in [1.54, 1.807) is 0 Å². The molecule has 7 heteroatoms. The van der Waals surface area contributed by atoms with Crippen LogP contribution in [0.3, 0.4) is 0 Å². The van der Waals surface area contributed by atoms with Gasteiger partial charge in [-0.3, -0.25) is 14.8 Å². The van der Waals surface area contributed by atoms with Gasteiger partial charge >= 0.3 is 0 Å². The van der Waals surface area contributed by atoms with Gasteiger partial charge in [0.25, 0.3) is 0 Å². The number of rotatable bonds is 8. The smallest absolute Gasteiger partial charge is 0.191 e. The second-order valence-electron chi connectivity index (χ2n) is 7.97. The first kappa shape index (κ1) is 25.1. The molecule has 28 heavy (non-hydrogen) atoms. The molecule has 1 aliphatic rings. The molecule has 0 bridgehead atoms. The van der Waals surface area contributed by atoms with Gasteiger partial charge in [-0.15, -0.1) is 24.0 Å². The third-order valence-electron chi connectivity index (χ3n) is 5.37. The molecule has 0 spiro atoms. The summed E-state index contributed by atoms with van der Waals surface area (Å²) in [7, 11) is 3.99. The van der Waals surface area contributed by atoms with Crippen molar-refractivity contribution < 1.29 is 4.74 Å². The van der Waals surface area contributed by atoms with Gasteiger partial charge in [-0.1, -0.05) is 30.3 Å². The van der Waals surface area contributed by atoms with Crippen molar-refractivity contribution in [3.05, 3.63) is 35.9 Å². The molecule has 160 valence electrons. The number of hydrogen-bond acceptors (Lipinski definition) is 4. The van der Waals surface area contributed by atoms with E-state index in [0.29, 0.717) is 6.04 Å². The van der Waals surface area contributed by atoms with Crippen molar-refractivity contribution in [2.45, 2.75) is 38.9 Å². The van der Waals surface area contributed by atoms with Crippen molar-refractivity contribution in [3.8, 4) is 0 Å². The zero-order valence-electron chi connectivity index (χ0n) is 18.1. The van der Waals surface area contributed by atoms with Crippen LogP contribution in [0, 0.1) is 0 Å². The molecule has 6 nitrogen and oxygen atoms in total. The summed E-state index contributed by atoms with van der Waals surface area (Å²) >= 11 is 0. The molecule has 0 amide bonds. The lowest BCUT2D eigenvalue weighted by Gasteiger charge is -2.41. The maximum Gasteiger partial charge on any atom is 0.191 e. The minimum Gasteiger partial charge on any atom is -0.379 e. The van der Waals surface area contributed by atoms with Gasteiger partial charge in [0.05, 0.1) is 13.2 Å². The summed E-state index contributed by atoms with van der Waals surface area (Å²) in [6.45, 7) is 13.0. The number of benzene rings is 1. The van der Waals surface area contributed by atoms with E-state index in [1.165, 1.54) is 5.56 Å². The van der Waals surface area contributed by atoms with Crippen LogP contribution in [0.5, 0.6) is 0 Å². The summed E-state index contributed by atoms with van der Waals surface area (Å²) < 4.78 is 5.47. The van der Waals surface area contributed by atoms with Gasteiger partial charge in [0.1, 0.15) is 0 Å². The maximum atomic E-state index is 5.47. The zero-order valence-corrected chi connectivity index (χ0v) is 20.4. The molecule has 1 unspecified atom stereocenters. The predicted molar refractivity (Wildman–Crippen MR) is 129 cm³/mol. The Hall–Kier alpha value is -0.900. The molecule has 1 aromatic carbocycles. The monoisotopic (exact) mass is 503 g/mol. The lowest BCUT2D eigenvalue weighted by Crippen LogP contribution is -2.57. The van der Waals surface area contributed by atoms with Crippen LogP contribution in [0.15, 0.2) is 35.3 Å². The molecule has 0 saturated carbocycles. The van der Waals surface area contributed by atoms with Gasteiger partial charge in [-0.25, -0.2) is 0 Å². The van der Waals surface area contributed by atoms with Crippen LogP contribution in [0.25, 0.3) is 0 Å². The standard InChI is InChI=1S/C21H37N5O.HI/c1-18(25(5)16-19-9-7-6-8-10-19)15-23-20(22-4)24-17-21(2,3)26-11-13-27-14-12-26;/h6-10,18H,11-17H2,1-5H3,(H2,22,23,24);1H. The summed E-state index contributed by atoms with van der Waals surface area (Å²) in [5.41, 5.74) is 1.40. The Bertz CT molecular complexity index is 575. The number of guanidine groups is 1. The van der Waals surface area contributed by atoms with E-state index in [1.807, 2.05) is 7.05 Å². The summed E-state index contributed by atoms with van der Waals surface area (Å²) in [5, 5.41) is 6.95. The Labute approximate surface area is 188 Å². The molecule has 2 rings (SSSR count). The molecule has 0 aliphatic carbocycles. The Kier molecular flexibility index (Phi) is 11.3. The van der Waals surface area contributed by atoms with E-state index >= 15 is 0 Å². The molecule has 1 heterocycles. The summed E-state index contributed by atoms with van der Waals surface area (Å²) in [5.74, 6) is 0.858. The van der Waals surface area contributed by atoms with Gasteiger partial charge in [0.2, 0.25) is 0 Å². The Morgan fingerprint density at radius 2 is 1.86 bits per heavy atom. The second kappa shape index (κ2) is 12.6. The fraction of sp³-hybridized carbons (Fsp3) is 0.667. The second-order valence-corrected chi connectivity index (χ2v) is 7.97. The van der Waals surface area contributed by atoms with Crippen LogP contribution in [-0.2, 0) is 11.3 Å². The minimum atomic E-state index is 0. The Morgan fingerprint density at radius 3 is 2.46 bits per heavy atom. The van der Waals surface area contributed by atoms with Crippen LogP contribution in [0.2, 0.25) is 0 Å². The van der Waals surface area contributed by atoms with Gasteiger partial charge in [-0.2, -0.15) is 0 Å². The maximum absolute atomic E-state index is 5.47. The summed E-state index contributed by atoms with van der Waals surface area (Å²) in [6.07, 6.45) is 0. The number of likely N-dealkylation sites (N-methyl/N-ethyl adjacent to an activating group) is 1. The number of ether oxygens (including phenoxy) is 1. The molecular formula is C21H38IN5O. The average molecular weight is 503 g/mol. The average Bonchev–Trinajstić information content (AvgIpc) is 2.69. The first-order chi connectivity index (χ1) is 12.9. The van der Waals surface area contributed by atoms with Crippen LogP contribution in [0.4, 0.5) is 0 Å². The zero-order chi connectivity index (χ0) is 19.7. The molecule has 0 radical (unpaired) electrons. The van der Waals surface area contributed by atoms with Crippen LogP contribution in [-0.4, -0.2) is 80.8 Å². The van der Waals surface area contributed by atoms with Crippen molar-refractivity contribution in [3.63, 3.8) is 0 Å². The van der Waals surface area contributed by atoms with E-state index in [-0.39, 0.29) is 29.5 Å². The third kappa shape index (κ3) is 8.23. The van der Waals surface area contributed by atoms with Crippen molar-refractivity contribution in [1.82, 2.24) is 20.4 Å². The first-order valence-electron chi connectivity index (χ1n) is 9.94. The van der Waals surface area contributed by atoms with E-state index in [0.717, 1.165) is 51.9 Å². The van der Waals surface area contributed by atoms with Crippen molar-refractivity contribution in [2.75, 3.05) is 53.5 Å². The molecule has 1 aromatic rings. The number of nitrogens with one attached hydrogen (secondary N) is 2. The SMILES string of the molecule is CN=C(NCC(C)N(C)Cc1ccccc1)NCC(C)(C)N1CCOCC1.I. The van der Waals surface area contributed by atoms with Crippen molar-refractivity contribution in [1.29, 1.82) is 0 Å². The summed E-state index contributed by atoms with van der Waals surface area (Å²) in [4.78, 5) is 9.22. The van der Waals surface area contributed by atoms with Crippen LogP contribution < -0.4 is 10.6 Å². The number of morpholine rings is 1. The number of hydrogen-bond donors (Lipinski definition) is 2. The molecule has 2 N–H and O–H groups in total. The first-order valence-corrected chi connectivity index (χ1v) is 9.94. The van der Waals surface area contributed by atoms with Gasteiger partial charge in [-0.05, 0) is 33.4 Å². The number of halogens is 1. The van der Waals surface area contributed by atoms with E-state index in [9.17, 15) is 0 Å². The van der Waals surface area contributed by atoms with Crippen molar-refractivity contribution in [2.24, 2.45) is 4.99 Å². The Morgan fingerprint density at radius 1 is 1.21 bits per heavy atom. The lowest BCUT2D eigenvalue weighted by atomic mass is 10.0. The van der Waals surface area contributed by atoms with E-state index in [4.69, 9.17) is 4.74 Å². The largest absolute Gasteiger partial charge is 0.379 e. The highest BCUT2D eigenvalue weighted by Gasteiger charge is 2.28. The lowest BCUT2D eigenvalue weighted by molar-refractivity contribution is -0.00834.